The molecule has 0 amide bonds. The number of hydrogen-bond acceptors (Lipinski definition) is 4. The van der Waals surface area contributed by atoms with Crippen molar-refractivity contribution >= 4 is 5.95 Å². The highest BCUT2D eigenvalue weighted by Gasteiger charge is 2.15. The zero-order valence-corrected chi connectivity index (χ0v) is 14.2. The van der Waals surface area contributed by atoms with Gasteiger partial charge in [-0.25, -0.2) is 19.0 Å². The van der Waals surface area contributed by atoms with Gasteiger partial charge in [0.15, 0.2) is 0 Å². The number of nitrogens with zero attached hydrogens (tertiary/aromatic N) is 4. The monoisotopic (exact) mass is 325 g/mol. The number of aryl methyl sites for hydroxylation is 2. The Balaban J connectivity index is 1.85. The Morgan fingerprint density at radius 3 is 2.29 bits per heavy atom. The summed E-state index contributed by atoms with van der Waals surface area (Å²) >= 11 is 0. The molecule has 0 aliphatic rings. The predicted molar refractivity (Wildman–Crippen MR) is 91.8 cm³/mol. The van der Waals surface area contributed by atoms with Gasteiger partial charge in [0.25, 0.3) is 0 Å². The van der Waals surface area contributed by atoms with Crippen LogP contribution in [0.2, 0.25) is 0 Å². The predicted octanol–water partition coefficient (Wildman–Crippen LogP) is 3.90. The summed E-state index contributed by atoms with van der Waals surface area (Å²) in [5.74, 6) is 0.347. The van der Waals surface area contributed by atoms with Gasteiger partial charge in [0, 0.05) is 22.6 Å². The zero-order chi connectivity index (χ0) is 17.3. The molecule has 0 saturated heterocycles. The van der Waals surface area contributed by atoms with Crippen LogP contribution >= 0.6 is 0 Å². The fraction of sp³-hybridized carbons (Fsp3) is 0.278. The highest BCUT2D eigenvalue weighted by Crippen LogP contribution is 2.23. The zero-order valence-electron chi connectivity index (χ0n) is 14.2. The fourth-order valence-corrected chi connectivity index (χ4v) is 2.75. The van der Waals surface area contributed by atoms with Crippen molar-refractivity contribution in [3.63, 3.8) is 0 Å². The maximum absolute atomic E-state index is 13.1. The number of nitrogens with one attached hydrogen (secondary N) is 1. The first-order valence-corrected chi connectivity index (χ1v) is 7.83. The van der Waals surface area contributed by atoms with E-state index in [-0.39, 0.29) is 11.9 Å². The maximum atomic E-state index is 13.1. The summed E-state index contributed by atoms with van der Waals surface area (Å²) in [5, 5.41) is 7.75. The Morgan fingerprint density at radius 2 is 1.67 bits per heavy atom. The Labute approximate surface area is 140 Å². The van der Waals surface area contributed by atoms with Gasteiger partial charge in [0.05, 0.1) is 17.9 Å². The molecule has 24 heavy (non-hydrogen) atoms. The summed E-state index contributed by atoms with van der Waals surface area (Å²) in [6, 6.07) is 8.23. The molecule has 0 aliphatic carbocycles. The van der Waals surface area contributed by atoms with Crippen molar-refractivity contribution < 1.29 is 4.39 Å². The molecule has 3 rings (SSSR count). The van der Waals surface area contributed by atoms with Gasteiger partial charge in [-0.15, -0.1) is 0 Å². The lowest BCUT2D eigenvalue weighted by Gasteiger charge is -2.14. The van der Waals surface area contributed by atoms with Gasteiger partial charge in [-0.1, -0.05) is 0 Å². The lowest BCUT2D eigenvalue weighted by molar-refractivity contribution is 0.627. The standard InChI is InChI=1S/C18H20FN5/c1-11-9-12(2)22-18(21-11)23-13(3)17-10-20-24(14(17)4)16-7-5-15(19)6-8-16/h5-10,13H,1-4H3,(H,21,22,23). The molecule has 1 aromatic carbocycles. The van der Waals surface area contributed by atoms with Crippen LogP contribution in [0.15, 0.2) is 36.5 Å². The van der Waals surface area contributed by atoms with Crippen molar-refractivity contribution in [2.45, 2.75) is 33.7 Å². The summed E-state index contributed by atoms with van der Waals surface area (Å²) in [5.41, 5.74) is 4.72. The third-order valence-electron chi connectivity index (χ3n) is 3.91. The van der Waals surface area contributed by atoms with E-state index >= 15 is 0 Å². The molecule has 6 heteroatoms. The van der Waals surface area contributed by atoms with Crippen LogP contribution < -0.4 is 5.32 Å². The minimum atomic E-state index is -0.259. The molecule has 1 atom stereocenters. The van der Waals surface area contributed by atoms with Gasteiger partial charge in [0.2, 0.25) is 5.95 Å². The second-order valence-corrected chi connectivity index (χ2v) is 5.91. The smallest absolute Gasteiger partial charge is 0.223 e. The molecule has 0 bridgehead atoms. The van der Waals surface area contributed by atoms with E-state index in [1.807, 2.05) is 40.0 Å². The molecule has 124 valence electrons. The second-order valence-electron chi connectivity index (χ2n) is 5.91. The van der Waals surface area contributed by atoms with Crippen molar-refractivity contribution in [2.75, 3.05) is 5.32 Å². The van der Waals surface area contributed by atoms with Crippen LogP contribution in [0.25, 0.3) is 5.69 Å². The first-order valence-electron chi connectivity index (χ1n) is 7.83. The Hall–Kier alpha value is -2.76. The summed E-state index contributed by atoms with van der Waals surface area (Å²) in [4.78, 5) is 8.83. The Bertz CT molecular complexity index is 834. The molecule has 0 radical (unpaired) electrons. The molecule has 1 N–H and O–H groups in total. The normalized spacial score (nSPS) is 12.2. The van der Waals surface area contributed by atoms with Crippen LogP contribution in [0.5, 0.6) is 0 Å². The average Bonchev–Trinajstić information content (AvgIpc) is 2.89. The van der Waals surface area contributed by atoms with E-state index in [1.165, 1.54) is 12.1 Å². The van der Waals surface area contributed by atoms with Crippen molar-refractivity contribution in [1.82, 2.24) is 19.7 Å². The third-order valence-corrected chi connectivity index (χ3v) is 3.91. The molecule has 2 heterocycles. The molecule has 0 spiro atoms. The van der Waals surface area contributed by atoms with Gasteiger partial charge in [0.1, 0.15) is 5.82 Å². The lowest BCUT2D eigenvalue weighted by Crippen LogP contribution is -2.11. The Kier molecular flexibility index (Phi) is 4.29. The molecular formula is C18H20FN5. The van der Waals surface area contributed by atoms with E-state index in [9.17, 15) is 4.39 Å². The average molecular weight is 325 g/mol. The lowest BCUT2D eigenvalue weighted by atomic mass is 10.1. The van der Waals surface area contributed by atoms with Crippen LogP contribution in [0.1, 0.15) is 35.6 Å². The van der Waals surface area contributed by atoms with Gasteiger partial charge in [-0.2, -0.15) is 5.10 Å². The highest BCUT2D eigenvalue weighted by molar-refractivity contribution is 5.38. The van der Waals surface area contributed by atoms with E-state index < -0.39 is 0 Å². The van der Waals surface area contributed by atoms with Crippen LogP contribution in [0.3, 0.4) is 0 Å². The number of hydrogen-bond donors (Lipinski definition) is 1. The van der Waals surface area contributed by atoms with E-state index in [2.05, 4.69) is 20.4 Å². The van der Waals surface area contributed by atoms with E-state index in [0.29, 0.717) is 5.95 Å². The summed E-state index contributed by atoms with van der Waals surface area (Å²) in [7, 11) is 0. The number of rotatable bonds is 4. The topological polar surface area (TPSA) is 55.6 Å². The van der Waals surface area contributed by atoms with Crippen molar-refractivity contribution in [2.24, 2.45) is 0 Å². The SMILES string of the molecule is Cc1cc(C)nc(NC(C)c2cnn(-c3ccc(F)cc3)c2C)n1. The van der Waals surface area contributed by atoms with E-state index in [1.54, 1.807) is 16.8 Å². The molecule has 3 aromatic rings. The third kappa shape index (κ3) is 3.27. The molecule has 1 unspecified atom stereocenters. The van der Waals surface area contributed by atoms with Gasteiger partial charge < -0.3 is 5.32 Å². The highest BCUT2D eigenvalue weighted by atomic mass is 19.1. The molecule has 0 fully saturated rings. The second kappa shape index (κ2) is 6.39. The van der Waals surface area contributed by atoms with Crippen molar-refractivity contribution in [3.8, 4) is 5.69 Å². The number of halogens is 1. The maximum Gasteiger partial charge on any atom is 0.223 e. The van der Waals surface area contributed by atoms with E-state index in [4.69, 9.17) is 0 Å². The molecule has 5 nitrogen and oxygen atoms in total. The molecular weight excluding hydrogens is 305 g/mol. The Morgan fingerprint density at radius 1 is 1.04 bits per heavy atom. The van der Waals surface area contributed by atoms with Gasteiger partial charge in [-0.3, -0.25) is 0 Å². The molecule has 0 saturated carbocycles. The van der Waals surface area contributed by atoms with Crippen LogP contribution in [0, 0.1) is 26.6 Å². The van der Waals surface area contributed by atoms with Crippen molar-refractivity contribution in [3.05, 3.63) is 65.0 Å². The van der Waals surface area contributed by atoms with Gasteiger partial charge >= 0.3 is 0 Å². The largest absolute Gasteiger partial charge is 0.348 e. The summed E-state index contributed by atoms with van der Waals surface area (Å²) in [6.45, 7) is 7.93. The summed E-state index contributed by atoms with van der Waals surface area (Å²) in [6.07, 6.45) is 1.82. The number of aromatic nitrogens is 4. The first kappa shape index (κ1) is 16.1. The van der Waals surface area contributed by atoms with Crippen LogP contribution in [-0.2, 0) is 0 Å². The molecule has 0 aliphatic heterocycles. The number of benzene rings is 1. The van der Waals surface area contributed by atoms with Crippen LogP contribution in [-0.4, -0.2) is 19.7 Å². The number of anilines is 1. The minimum Gasteiger partial charge on any atom is -0.348 e. The van der Waals surface area contributed by atoms with Crippen molar-refractivity contribution in [1.29, 1.82) is 0 Å². The minimum absolute atomic E-state index is 0.000369. The fourth-order valence-electron chi connectivity index (χ4n) is 2.75. The van der Waals surface area contributed by atoms with E-state index in [0.717, 1.165) is 28.3 Å². The van der Waals surface area contributed by atoms with Gasteiger partial charge in [-0.05, 0) is 58.0 Å². The summed E-state index contributed by atoms with van der Waals surface area (Å²) < 4.78 is 14.9. The molecule has 2 aromatic heterocycles. The van der Waals surface area contributed by atoms with Crippen LogP contribution in [0.4, 0.5) is 10.3 Å². The first-order chi connectivity index (χ1) is 11.4. The quantitative estimate of drug-likeness (QED) is 0.790.